The second-order valence-corrected chi connectivity index (χ2v) is 6.20. The summed E-state index contributed by atoms with van der Waals surface area (Å²) in [6.07, 6.45) is 1.30. The van der Waals surface area contributed by atoms with Gasteiger partial charge in [0.15, 0.2) is 11.5 Å². The summed E-state index contributed by atoms with van der Waals surface area (Å²) in [5, 5.41) is 20.1. The number of phenols is 1. The van der Waals surface area contributed by atoms with Gasteiger partial charge in [0, 0.05) is 24.7 Å². The fourth-order valence-corrected chi connectivity index (χ4v) is 2.90. The summed E-state index contributed by atoms with van der Waals surface area (Å²) < 4.78 is 19.0. The zero-order valence-corrected chi connectivity index (χ0v) is 13.7. The molecular formula is C19H22FNO3. The van der Waals surface area contributed by atoms with Gasteiger partial charge in [-0.15, -0.1) is 0 Å². The van der Waals surface area contributed by atoms with Crippen molar-refractivity contribution in [1.29, 1.82) is 0 Å². The Morgan fingerprint density at radius 3 is 2.67 bits per heavy atom. The van der Waals surface area contributed by atoms with Crippen LogP contribution < -0.4 is 4.74 Å². The second kappa shape index (κ2) is 7.20. The lowest BCUT2D eigenvalue weighted by Crippen LogP contribution is -2.30. The van der Waals surface area contributed by atoms with Crippen molar-refractivity contribution in [3.63, 3.8) is 0 Å². The maximum atomic E-state index is 13.9. The molecule has 2 N–H and O–H groups in total. The number of phenolic OH excluding ortho intramolecular Hbond substituents is 1. The van der Waals surface area contributed by atoms with Gasteiger partial charge in [-0.05, 0) is 36.6 Å². The molecule has 4 nitrogen and oxygen atoms in total. The number of halogens is 1. The van der Waals surface area contributed by atoms with E-state index < -0.39 is 6.10 Å². The van der Waals surface area contributed by atoms with Crippen LogP contribution in [0.15, 0.2) is 42.5 Å². The van der Waals surface area contributed by atoms with Crippen LogP contribution in [-0.4, -0.2) is 34.8 Å². The lowest BCUT2D eigenvalue weighted by molar-refractivity contribution is 0.101. The van der Waals surface area contributed by atoms with E-state index in [1.807, 2.05) is 6.07 Å². The first-order valence-corrected chi connectivity index (χ1v) is 8.11. The van der Waals surface area contributed by atoms with E-state index >= 15 is 0 Å². The van der Waals surface area contributed by atoms with Gasteiger partial charge in [-0.3, -0.25) is 4.90 Å². The van der Waals surface area contributed by atoms with E-state index in [2.05, 4.69) is 4.90 Å². The molecule has 2 aromatic carbocycles. The maximum Gasteiger partial charge on any atom is 0.160 e. The molecule has 0 radical (unpaired) electrons. The third-order valence-electron chi connectivity index (χ3n) is 4.36. The summed E-state index contributed by atoms with van der Waals surface area (Å²) in [7, 11) is 1.51. The highest BCUT2D eigenvalue weighted by molar-refractivity contribution is 5.41. The van der Waals surface area contributed by atoms with Gasteiger partial charge in [0.05, 0.1) is 13.2 Å². The third kappa shape index (κ3) is 3.86. The highest BCUT2D eigenvalue weighted by Crippen LogP contribution is 2.32. The van der Waals surface area contributed by atoms with Crippen LogP contribution in [0.4, 0.5) is 4.39 Å². The summed E-state index contributed by atoms with van der Waals surface area (Å²) in [5.74, 6) is 0.149. The fraction of sp³-hybridized carbons (Fsp3) is 0.368. The van der Waals surface area contributed by atoms with Crippen LogP contribution in [0, 0.1) is 5.82 Å². The molecule has 0 aromatic heterocycles. The van der Waals surface area contributed by atoms with Crippen LogP contribution in [0.5, 0.6) is 11.5 Å². The monoisotopic (exact) mass is 331 g/mol. The average Bonchev–Trinajstić information content (AvgIpc) is 3.41. The Labute approximate surface area is 141 Å². The number of aliphatic hydroxyl groups is 1. The van der Waals surface area contributed by atoms with Gasteiger partial charge in [0.25, 0.3) is 0 Å². The Morgan fingerprint density at radius 2 is 2.00 bits per heavy atom. The van der Waals surface area contributed by atoms with Crippen molar-refractivity contribution in [2.45, 2.75) is 31.5 Å². The number of rotatable bonds is 7. The molecule has 24 heavy (non-hydrogen) atoms. The van der Waals surface area contributed by atoms with Crippen molar-refractivity contribution < 1.29 is 19.3 Å². The molecule has 0 heterocycles. The van der Waals surface area contributed by atoms with Gasteiger partial charge in [-0.2, -0.15) is 0 Å². The van der Waals surface area contributed by atoms with Gasteiger partial charge < -0.3 is 14.9 Å². The zero-order valence-electron chi connectivity index (χ0n) is 13.7. The molecular weight excluding hydrogens is 309 g/mol. The second-order valence-electron chi connectivity index (χ2n) is 6.20. The first-order valence-electron chi connectivity index (χ1n) is 8.11. The lowest BCUT2D eigenvalue weighted by Gasteiger charge is -2.25. The van der Waals surface area contributed by atoms with Gasteiger partial charge in [0.1, 0.15) is 5.82 Å². The smallest absolute Gasteiger partial charge is 0.160 e. The predicted octanol–water partition coefficient (Wildman–Crippen LogP) is 3.24. The molecule has 2 aromatic rings. The predicted molar refractivity (Wildman–Crippen MR) is 89.5 cm³/mol. The zero-order chi connectivity index (χ0) is 17.1. The molecule has 1 fully saturated rings. The molecule has 1 aliphatic carbocycles. The topological polar surface area (TPSA) is 52.9 Å². The Hall–Kier alpha value is -2.11. The van der Waals surface area contributed by atoms with E-state index in [0.717, 1.165) is 18.4 Å². The highest BCUT2D eigenvalue weighted by Gasteiger charge is 2.31. The molecule has 1 atom stereocenters. The fourth-order valence-electron chi connectivity index (χ4n) is 2.90. The lowest BCUT2D eigenvalue weighted by atomic mass is 10.1. The van der Waals surface area contributed by atoms with Crippen molar-refractivity contribution in [1.82, 2.24) is 4.90 Å². The molecule has 0 amide bonds. The molecule has 1 saturated carbocycles. The Morgan fingerprint density at radius 1 is 1.25 bits per heavy atom. The maximum absolute atomic E-state index is 13.9. The number of methoxy groups -OCH3 is 1. The summed E-state index contributed by atoms with van der Waals surface area (Å²) in [6, 6.07) is 12.0. The minimum atomic E-state index is -0.870. The molecule has 0 spiro atoms. The minimum Gasteiger partial charge on any atom is -0.504 e. The highest BCUT2D eigenvalue weighted by atomic mass is 19.1. The van der Waals surface area contributed by atoms with Crippen LogP contribution in [0.3, 0.4) is 0 Å². The van der Waals surface area contributed by atoms with Crippen LogP contribution in [0.2, 0.25) is 0 Å². The van der Waals surface area contributed by atoms with E-state index in [4.69, 9.17) is 4.74 Å². The Balaban J connectivity index is 1.73. The van der Waals surface area contributed by atoms with Crippen molar-refractivity contribution in [3.8, 4) is 11.5 Å². The van der Waals surface area contributed by atoms with Crippen molar-refractivity contribution in [2.24, 2.45) is 0 Å². The van der Waals surface area contributed by atoms with Gasteiger partial charge in [0.2, 0.25) is 0 Å². The largest absolute Gasteiger partial charge is 0.504 e. The normalized spacial score (nSPS) is 15.5. The molecule has 0 saturated heterocycles. The summed E-state index contributed by atoms with van der Waals surface area (Å²) >= 11 is 0. The molecule has 128 valence electrons. The molecule has 0 bridgehead atoms. The number of aromatic hydroxyl groups is 1. The van der Waals surface area contributed by atoms with Gasteiger partial charge >= 0.3 is 0 Å². The molecule has 3 rings (SSSR count). The average molecular weight is 331 g/mol. The number of nitrogens with zero attached hydrogens (tertiary/aromatic N) is 1. The van der Waals surface area contributed by atoms with E-state index in [0.29, 0.717) is 30.4 Å². The van der Waals surface area contributed by atoms with Crippen LogP contribution >= 0.6 is 0 Å². The first kappa shape index (κ1) is 16.7. The SMILES string of the molecule is COc1cc(CN(CC(O)c2ccccc2F)C2CC2)ccc1O. The quantitative estimate of drug-likeness (QED) is 0.818. The summed E-state index contributed by atoms with van der Waals surface area (Å²) in [5.41, 5.74) is 1.31. The van der Waals surface area contributed by atoms with E-state index in [9.17, 15) is 14.6 Å². The molecule has 1 aliphatic rings. The summed E-state index contributed by atoms with van der Waals surface area (Å²) in [6.45, 7) is 0.988. The number of aliphatic hydroxyl groups excluding tert-OH is 1. The molecule has 0 aliphatic heterocycles. The summed E-state index contributed by atoms with van der Waals surface area (Å²) in [4.78, 5) is 2.16. The van der Waals surface area contributed by atoms with Gasteiger partial charge in [-0.25, -0.2) is 4.39 Å². The Bertz CT molecular complexity index is 703. The van der Waals surface area contributed by atoms with Crippen LogP contribution in [-0.2, 0) is 6.54 Å². The standard InChI is InChI=1S/C19H22FNO3/c1-24-19-10-13(6-9-17(19)22)11-21(14-7-8-14)12-18(23)15-4-2-3-5-16(15)20/h2-6,9-10,14,18,22-23H,7-8,11-12H2,1H3. The van der Waals surface area contributed by atoms with E-state index in [1.54, 1.807) is 30.3 Å². The van der Waals surface area contributed by atoms with E-state index in [-0.39, 0.29) is 11.6 Å². The number of benzene rings is 2. The molecule has 1 unspecified atom stereocenters. The Kier molecular flexibility index (Phi) is 5.02. The third-order valence-corrected chi connectivity index (χ3v) is 4.36. The van der Waals surface area contributed by atoms with E-state index in [1.165, 1.54) is 13.2 Å². The van der Waals surface area contributed by atoms with Crippen molar-refractivity contribution in [2.75, 3.05) is 13.7 Å². The number of ether oxygens (including phenoxy) is 1. The van der Waals surface area contributed by atoms with Crippen molar-refractivity contribution >= 4 is 0 Å². The number of hydrogen-bond donors (Lipinski definition) is 2. The van der Waals surface area contributed by atoms with Crippen LogP contribution in [0.25, 0.3) is 0 Å². The van der Waals surface area contributed by atoms with Crippen molar-refractivity contribution in [3.05, 3.63) is 59.4 Å². The molecule has 5 heteroatoms. The van der Waals surface area contributed by atoms with Gasteiger partial charge in [-0.1, -0.05) is 24.3 Å². The first-order chi connectivity index (χ1) is 11.6. The van der Waals surface area contributed by atoms with Crippen LogP contribution in [0.1, 0.15) is 30.1 Å². The minimum absolute atomic E-state index is 0.102. The number of hydrogen-bond acceptors (Lipinski definition) is 4.